The maximum absolute atomic E-state index is 3.49. The van der Waals surface area contributed by atoms with E-state index in [1.807, 2.05) is 0 Å². The first-order chi connectivity index (χ1) is 12.2. The van der Waals surface area contributed by atoms with Gasteiger partial charge in [0.2, 0.25) is 0 Å². The third-order valence-corrected chi connectivity index (χ3v) is 5.36. The molecule has 0 radical (unpaired) electrons. The van der Waals surface area contributed by atoms with Crippen molar-refractivity contribution < 1.29 is 0 Å². The van der Waals surface area contributed by atoms with Crippen LogP contribution in [0.25, 0.3) is 10.8 Å². The largest absolute Gasteiger partial charge is 0.314 e. The molecule has 3 aromatic rings. The van der Waals surface area contributed by atoms with E-state index in [0.29, 0.717) is 6.04 Å². The van der Waals surface area contributed by atoms with Crippen LogP contribution >= 0.6 is 0 Å². The van der Waals surface area contributed by atoms with E-state index in [-0.39, 0.29) is 0 Å². The molecule has 1 atom stereocenters. The van der Waals surface area contributed by atoms with Crippen LogP contribution in [0.5, 0.6) is 0 Å². The highest BCUT2D eigenvalue weighted by atomic mass is 15.2. The standard InChI is InChI=1S/C23H26N2/c1-17-10-11-18(2)22(16-17)23(25-14-12-24-13-15-25)21-9-5-7-19-6-3-4-8-20(19)21/h3-11,16,23-24H,12-15H2,1-2H3. The summed E-state index contributed by atoms with van der Waals surface area (Å²) in [6, 6.07) is 22.7. The van der Waals surface area contributed by atoms with E-state index >= 15 is 0 Å². The first kappa shape index (κ1) is 16.3. The van der Waals surface area contributed by atoms with Crippen LogP contribution in [-0.4, -0.2) is 31.1 Å². The predicted octanol–water partition coefficient (Wildman–Crippen LogP) is 4.45. The summed E-state index contributed by atoms with van der Waals surface area (Å²) in [7, 11) is 0. The number of rotatable bonds is 3. The van der Waals surface area contributed by atoms with Gasteiger partial charge < -0.3 is 5.32 Å². The van der Waals surface area contributed by atoms with Gasteiger partial charge in [0, 0.05) is 26.2 Å². The van der Waals surface area contributed by atoms with Crippen molar-refractivity contribution in [2.24, 2.45) is 0 Å². The van der Waals surface area contributed by atoms with Gasteiger partial charge in [-0.1, -0.05) is 66.2 Å². The summed E-state index contributed by atoms with van der Waals surface area (Å²) in [6.45, 7) is 8.73. The van der Waals surface area contributed by atoms with Crippen molar-refractivity contribution in [3.05, 3.63) is 82.9 Å². The SMILES string of the molecule is Cc1ccc(C)c(C(c2cccc3ccccc23)N2CCNCC2)c1. The predicted molar refractivity (Wildman–Crippen MR) is 106 cm³/mol. The topological polar surface area (TPSA) is 15.3 Å². The smallest absolute Gasteiger partial charge is 0.0611 e. The molecule has 1 unspecified atom stereocenters. The van der Waals surface area contributed by atoms with Crippen LogP contribution in [-0.2, 0) is 0 Å². The van der Waals surface area contributed by atoms with E-state index in [9.17, 15) is 0 Å². The molecule has 0 amide bonds. The van der Waals surface area contributed by atoms with Crippen molar-refractivity contribution in [1.29, 1.82) is 0 Å². The summed E-state index contributed by atoms with van der Waals surface area (Å²) in [5.74, 6) is 0. The van der Waals surface area contributed by atoms with E-state index in [4.69, 9.17) is 0 Å². The molecule has 0 aromatic heterocycles. The Morgan fingerprint density at radius 3 is 2.44 bits per heavy atom. The zero-order chi connectivity index (χ0) is 17.2. The molecule has 0 saturated carbocycles. The van der Waals surface area contributed by atoms with E-state index < -0.39 is 0 Å². The number of aryl methyl sites for hydroxylation is 2. The number of piperazine rings is 1. The molecular weight excluding hydrogens is 304 g/mol. The minimum absolute atomic E-state index is 0.313. The average Bonchev–Trinajstić information content (AvgIpc) is 2.66. The monoisotopic (exact) mass is 330 g/mol. The van der Waals surface area contributed by atoms with Crippen LogP contribution < -0.4 is 5.32 Å². The van der Waals surface area contributed by atoms with E-state index in [1.54, 1.807) is 0 Å². The Balaban J connectivity index is 1.92. The Hall–Kier alpha value is -2.16. The van der Waals surface area contributed by atoms with E-state index in [0.717, 1.165) is 26.2 Å². The molecule has 1 heterocycles. The zero-order valence-electron chi connectivity index (χ0n) is 15.1. The van der Waals surface area contributed by atoms with Gasteiger partial charge in [-0.3, -0.25) is 4.90 Å². The molecule has 1 saturated heterocycles. The van der Waals surface area contributed by atoms with Crippen LogP contribution in [0.1, 0.15) is 28.3 Å². The van der Waals surface area contributed by atoms with Gasteiger partial charge in [0.15, 0.2) is 0 Å². The van der Waals surface area contributed by atoms with Crippen LogP contribution in [0.15, 0.2) is 60.7 Å². The average molecular weight is 330 g/mol. The quantitative estimate of drug-likeness (QED) is 0.763. The van der Waals surface area contributed by atoms with Crippen LogP contribution in [0.4, 0.5) is 0 Å². The molecule has 1 N–H and O–H groups in total. The lowest BCUT2D eigenvalue weighted by Crippen LogP contribution is -2.45. The summed E-state index contributed by atoms with van der Waals surface area (Å²) in [5.41, 5.74) is 5.58. The van der Waals surface area contributed by atoms with Crippen molar-refractivity contribution in [3.63, 3.8) is 0 Å². The van der Waals surface area contributed by atoms with Crippen molar-refractivity contribution >= 4 is 10.8 Å². The second kappa shape index (κ2) is 6.99. The number of benzene rings is 3. The third-order valence-electron chi connectivity index (χ3n) is 5.36. The van der Waals surface area contributed by atoms with Crippen LogP contribution in [0.3, 0.4) is 0 Å². The summed E-state index contributed by atoms with van der Waals surface area (Å²) in [4.78, 5) is 2.64. The fourth-order valence-corrected chi connectivity index (χ4v) is 4.04. The molecule has 2 heteroatoms. The number of nitrogens with one attached hydrogen (secondary N) is 1. The van der Waals surface area contributed by atoms with Gasteiger partial charge >= 0.3 is 0 Å². The molecule has 0 aliphatic carbocycles. The first-order valence-corrected chi connectivity index (χ1v) is 9.23. The summed E-state index contributed by atoms with van der Waals surface area (Å²) in [5, 5.41) is 6.19. The Labute approximate surface area is 150 Å². The molecule has 0 spiro atoms. The minimum Gasteiger partial charge on any atom is -0.314 e. The molecule has 1 aliphatic heterocycles. The number of hydrogen-bond acceptors (Lipinski definition) is 2. The second-order valence-electron chi connectivity index (χ2n) is 7.12. The van der Waals surface area contributed by atoms with Gasteiger partial charge in [-0.2, -0.15) is 0 Å². The summed E-state index contributed by atoms with van der Waals surface area (Å²) < 4.78 is 0. The Morgan fingerprint density at radius 1 is 0.840 bits per heavy atom. The van der Waals surface area contributed by atoms with Crippen molar-refractivity contribution in [3.8, 4) is 0 Å². The number of hydrogen-bond donors (Lipinski definition) is 1. The van der Waals surface area contributed by atoms with Crippen molar-refractivity contribution in [2.45, 2.75) is 19.9 Å². The van der Waals surface area contributed by atoms with Crippen LogP contribution in [0, 0.1) is 13.8 Å². The zero-order valence-corrected chi connectivity index (χ0v) is 15.1. The molecule has 1 aliphatic rings. The van der Waals surface area contributed by atoms with E-state index in [2.05, 4.69) is 84.7 Å². The second-order valence-corrected chi connectivity index (χ2v) is 7.12. The molecule has 4 rings (SSSR count). The van der Waals surface area contributed by atoms with Gasteiger partial charge in [-0.15, -0.1) is 0 Å². The highest BCUT2D eigenvalue weighted by Crippen LogP contribution is 2.35. The molecule has 1 fully saturated rings. The number of nitrogens with zero attached hydrogens (tertiary/aromatic N) is 1. The van der Waals surface area contributed by atoms with Crippen LogP contribution in [0.2, 0.25) is 0 Å². The van der Waals surface area contributed by atoms with Gasteiger partial charge in [0.25, 0.3) is 0 Å². The first-order valence-electron chi connectivity index (χ1n) is 9.23. The Morgan fingerprint density at radius 2 is 1.60 bits per heavy atom. The van der Waals surface area contributed by atoms with Gasteiger partial charge in [-0.25, -0.2) is 0 Å². The third kappa shape index (κ3) is 3.20. The van der Waals surface area contributed by atoms with Crippen molar-refractivity contribution in [1.82, 2.24) is 10.2 Å². The molecule has 25 heavy (non-hydrogen) atoms. The lowest BCUT2D eigenvalue weighted by atomic mass is 9.89. The molecule has 0 bridgehead atoms. The lowest BCUT2D eigenvalue weighted by Gasteiger charge is -2.37. The molecule has 3 aromatic carbocycles. The molecule has 2 nitrogen and oxygen atoms in total. The lowest BCUT2D eigenvalue weighted by molar-refractivity contribution is 0.199. The molecule has 128 valence electrons. The Bertz CT molecular complexity index is 873. The van der Waals surface area contributed by atoms with Gasteiger partial charge in [0.1, 0.15) is 0 Å². The van der Waals surface area contributed by atoms with Gasteiger partial charge in [0.05, 0.1) is 6.04 Å². The maximum Gasteiger partial charge on any atom is 0.0611 e. The Kier molecular flexibility index (Phi) is 4.56. The normalized spacial score (nSPS) is 16.9. The summed E-state index contributed by atoms with van der Waals surface area (Å²) in [6.07, 6.45) is 0. The van der Waals surface area contributed by atoms with Crippen molar-refractivity contribution in [2.75, 3.05) is 26.2 Å². The fourth-order valence-electron chi connectivity index (χ4n) is 4.04. The highest BCUT2D eigenvalue weighted by molar-refractivity contribution is 5.86. The highest BCUT2D eigenvalue weighted by Gasteiger charge is 2.26. The van der Waals surface area contributed by atoms with Gasteiger partial charge in [-0.05, 0) is 41.3 Å². The maximum atomic E-state index is 3.49. The number of fused-ring (bicyclic) bond motifs is 1. The minimum atomic E-state index is 0.313. The fraction of sp³-hybridized carbons (Fsp3) is 0.304. The van der Waals surface area contributed by atoms with E-state index in [1.165, 1.54) is 33.0 Å². The summed E-state index contributed by atoms with van der Waals surface area (Å²) >= 11 is 0. The molecular formula is C23H26N2.